The maximum atomic E-state index is 14.2. The van der Waals surface area contributed by atoms with E-state index in [2.05, 4.69) is 0 Å². The summed E-state index contributed by atoms with van der Waals surface area (Å²) in [5, 5.41) is 0. The van der Waals surface area contributed by atoms with Gasteiger partial charge >= 0.3 is 37.4 Å². The Hall–Kier alpha value is -2.29. The Kier molecular flexibility index (Phi) is 9.45. The smallest absolute Gasteiger partial charge is 0.736 e. The minimum absolute atomic E-state index is 0. The topological polar surface area (TPSA) is 58.6 Å². The van der Waals surface area contributed by atoms with E-state index in [1.54, 1.807) is 24.3 Å². The molecule has 6 rings (SSSR count). The van der Waals surface area contributed by atoms with E-state index < -0.39 is 19.5 Å². The zero-order valence-electron chi connectivity index (χ0n) is 23.1. The molecule has 42 heavy (non-hydrogen) atoms. The van der Waals surface area contributed by atoms with E-state index in [1.807, 2.05) is 38.1 Å². The van der Waals surface area contributed by atoms with Crippen molar-refractivity contribution in [3.8, 4) is 0 Å². The number of rotatable bonds is 6. The van der Waals surface area contributed by atoms with Gasteiger partial charge < -0.3 is 13.9 Å². The third-order valence-corrected chi connectivity index (χ3v) is 10.2. The molecule has 0 spiro atoms. The van der Waals surface area contributed by atoms with Gasteiger partial charge in [0.1, 0.15) is 23.2 Å². The van der Waals surface area contributed by atoms with Crippen molar-refractivity contribution < 1.29 is 56.8 Å². The number of hydrogen-bond donors (Lipinski definition) is 0. The van der Waals surface area contributed by atoms with Gasteiger partial charge in [-0.05, 0) is 83.6 Å². The van der Waals surface area contributed by atoms with Gasteiger partial charge in [0.05, 0.1) is 0 Å². The predicted molar refractivity (Wildman–Crippen MR) is 158 cm³/mol. The molecular formula is C32H24F2NaO4PS2. The first kappa shape index (κ1) is 31.1. The molecule has 0 bridgehead atoms. The van der Waals surface area contributed by atoms with E-state index in [4.69, 9.17) is 9.05 Å². The Morgan fingerprint density at radius 3 is 1.55 bits per heavy atom. The minimum atomic E-state index is -5.07. The normalized spacial score (nSPS) is 13.5. The standard InChI is InChI=1S/C32H25F2O4PS2.Na/c1-3-19-7-5-9-25-27(17-21-15-23(33)11-13-29(21)40-31(19)25)37-39(35,36)38-28-18-22-16-24(34)12-14-30(22)41-32-20(4-2)8-6-10-26(28)32;/h5-18H,3-4H2,1-2H3,(H,35,36);/q;+1/p-1. The fourth-order valence-corrected chi connectivity index (χ4v) is 8.12. The third-order valence-electron chi connectivity index (χ3n) is 6.85. The van der Waals surface area contributed by atoms with Crippen LogP contribution in [0.2, 0.25) is 0 Å². The van der Waals surface area contributed by atoms with Crippen LogP contribution in [0, 0.1) is 11.6 Å². The van der Waals surface area contributed by atoms with Crippen LogP contribution in [0.25, 0.3) is 23.7 Å². The van der Waals surface area contributed by atoms with Crippen LogP contribution in [-0.2, 0) is 26.5 Å². The number of fused-ring (bicyclic) bond motifs is 4. The van der Waals surface area contributed by atoms with Crippen molar-refractivity contribution in [2.75, 3.05) is 0 Å². The molecule has 0 saturated carbocycles. The van der Waals surface area contributed by atoms with Crippen LogP contribution >= 0.6 is 31.3 Å². The van der Waals surface area contributed by atoms with Crippen LogP contribution in [0.3, 0.4) is 0 Å². The van der Waals surface area contributed by atoms with Crippen LogP contribution in [0.1, 0.15) is 47.2 Å². The zero-order valence-corrected chi connectivity index (χ0v) is 27.7. The first-order valence-electron chi connectivity index (χ1n) is 13.1. The number of aryl methyl sites for hydroxylation is 2. The quantitative estimate of drug-likeness (QED) is 0.187. The molecule has 4 aromatic carbocycles. The average Bonchev–Trinajstić information content (AvgIpc) is 3.19. The predicted octanol–water partition coefficient (Wildman–Crippen LogP) is 6.22. The number of halogens is 2. The number of benzene rings is 4. The van der Waals surface area contributed by atoms with Gasteiger partial charge in [0.2, 0.25) is 0 Å². The number of hydrogen-bond acceptors (Lipinski definition) is 6. The van der Waals surface area contributed by atoms with Gasteiger partial charge in [-0.1, -0.05) is 73.8 Å². The molecule has 0 unspecified atom stereocenters. The summed E-state index contributed by atoms with van der Waals surface area (Å²) in [5.41, 5.74) is 4.13. The molecule has 0 fully saturated rings. The molecule has 0 saturated heterocycles. The van der Waals surface area contributed by atoms with Crippen LogP contribution < -0.4 is 34.5 Å². The summed E-state index contributed by atoms with van der Waals surface area (Å²) < 4.78 is 53.4. The Labute approximate surface area is 274 Å². The average molecular weight is 629 g/mol. The Bertz CT molecular complexity index is 1680. The summed E-state index contributed by atoms with van der Waals surface area (Å²) in [6.07, 6.45) is 4.47. The van der Waals surface area contributed by atoms with E-state index >= 15 is 0 Å². The fraction of sp³-hybridized carbons (Fsp3) is 0.125. The molecule has 10 heteroatoms. The number of phosphoric acid groups is 1. The maximum absolute atomic E-state index is 14.2. The molecule has 0 N–H and O–H groups in total. The van der Waals surface area contributed by atoms with Crippen molar-refractivity contribution >= 4 is 55.0 Å². The molecule has 0 amide bonds. The molecule has 0 aliphatic carbocycles. The van der Waals surface area contributed by atoms with Crippen LogP contribution in [-0.4, -0.2) is 0 Å². The summed E-state index contributed by atoms with van der Waals surface area (Å²) in [6, 6.07) is 20.0. The van der Waals surface area contributed by atoms with Crippen molar-refractivity contribution in [3.05, 3.63) is 118 Å². The summed E-state index contributed by atoms with van der Waals surface area (Å²) in [5.74, 6) is -0.830. The Balaban J connectivity index is 0.00000353. The van der Waals surface area contributed by atoms with Gasteiger partial charge in [0.15, 0.2) is 0 Å². The SMILES string of the molecule is CCc1cccc2c1Sc1ccc(F)cc1C=C2OP(=O)([O-])OC1=Cc2cc(F)ccc2Sc2c(CC)cccc21.[Na+]. The van der Waals surface area contributed by atoms with E-state index in [0.717, 1.165) is 30.7 Å². The molecule has 2 aliphatic heterocycles. The monoisotopic (exact) mass is 628 g/mol. The maximum Gasteiger partial charge on any atom is 1.00 e. The molecule has 4 nitrogen and oxygen atoms in total. The van der Waals surface area contributed by atoms with Crippen molar-refractivity contribution in [1.82, 2.24) is 0 Å². The summed E-state index contributed by atoms with van der Waals surface area (Å²) in [7, 11) is -5.07. The van der Waals surface area contributed by atoms with E-state index in [1.165, 1.54) is 59.9 Å². The van der Waals surface area contributed by atoms with Gasteiger partial charge in [0.25, 0.3) is 0 Å². The molecule has 2 aliphatic rings. The first-order chi connectivity index (χ1) is 19.7. The van der Waals surface area contributed by atoms with Gasteiger partial charge in [0, 0.05) is 30.7 Å². The molecular weight excluding hydrogens is 604 g/mol. The third kappa shape index (κ3) is 6.31. The molecule has 0 atom stereocenters. The van der Waals surface area contributed by atoms with Crippen molar-refractivity contribution in [2.24, 2.45) is 0 Å². The summed E-state index contributed by atoms with van der Waals surface area (Å²) in [4.78, 5) is 16.8. The van der Waals surface area contributed by atoms with Crippen LogP contribution in [0.15, 0.2) is 92.4 Å². The molecule has 208 valence electrons. The largest absolute Gasteiger partial charge is 1.00 e. The second-order valence-corrected chi connectivity index (χ2v) is 12.9. The van der Waals surface area contributed by atoms with Gasteiger partial charge in [-0.25, -0.2) is 13.3 Å². The van der Waals surface area contributed by atoms with Crippen molar-refractivity contribution in [1.29, 1.82) is 0 Å². The van der Waals surface area contributed by atoms with E-state index in [0.29, 0.717) is 35.1 Å². The van der Waals surface area contributed by atoms with Crippen molar-refractivity contribution in [3.63, 3.8) is 0 Å². The van der Waals surface area contributed by atoms with Gasteiger partial charge in [-0.2, -0.15) is 0 Å². The molecule has 0 radical (unpaired) electrons. The van der Waals surface area contributed by atoms with E-state index in [9.17, 15) is 18.2 Å². The van der Waals surface area contributed by atoms with Gasteiger partial charge in [-0.3, -0.25) is 0 Å². The summed E-state index contributed by atoms with van der Waals surface area (Å²) >= 11 is 2.88. The van der Waals surface area contributed by atoms with Crippen molar-refractivity contribution in [2.45, 2.75) is 46.3 Å². The number of phosphoric ester groups is 1. The van der Waals surface area contributed by atoms with E-state index in [-0.39, 0.29) is 41.1 Å². The van der Waals surface area contributed by atoms with Crippen LogP contribution in [0.4, 0.5) is 8.78 Å². The Morgan fingerprint density at radius 2 is 1.14 bits per heavy atom. The summed E-state index contributed by atoms with van der Waals surface area (Å²) in [6.45, 7) is 4.02. The Morgan fingerprint density at radius 1 is 0.714 bits per heavy atom. The molecule has 4 aromatic rings. The first-order valence-corrected chi connectivity index (χ1v) is 16.2. The minimum Gasteiger partial charge on any atom is -0.736 e. The molecule has 2 heterocycles. The van der Waals surface area contributed by atoms with Gasteiger partial charge in [-0.15, -0.1) is 0 Å². The second kappa shape index (κ2) is 12.7. The fourth-order valence-electron chi connectivity index (χ4n) is 4.87. The second-order valence-electron chi connectivity index (χ2n) is 9.51. The molecule has 0 aromatic heterocycles. The van der Waals surface area contributed by atoms with Crippen LogP contribution in [0.5, 0.6) is 0 Å². The zero-order chi connectivity index (χ0) is 28.7.